The zero-order valence-corrected chi connectivity index (χ0v) is 16.4. The van der Waals surface area contributed by atoms with E-state index in [1.54, 1.807) is 19.0 Å². The van der Waals surface area contributed by atoms with Crippen molar-refractivity contribution in [1.29, 1.82) is 0 Å². The Morgan fingerprint density at radius 2 is 1.81 bits per heavy atom. The second-order valence-corrected chi connectivity index (χ2v) is 8.03. The number of hydrogen-bond acceptors (Lipinski definition) is 4. The van der Waals surface area contributed by atoms with Crippen molar-refractivity contribution in [3.05, 3.63) is 0 Å². The number of amides is 3. The van der Waals surface area contributed by atoms with Gasteiger partial charge in [-0.2, -0.15) is 0 Å². The zero-order chi connectivity index (χ0) is 18.5. The number of morpholine rings is 1. The van der Waals surface area contributed by atoms with Gasteiger partial charge in [-0.1, -0.05) is 0 Å². The molecule has 0 bridgehead atoms. The smallest absolute Gasteiger partial charge is 0.319 e. The average molecular weight is 367 g/mol. The normalized spacial score (nSPS) is 24.4. The van der Waals surface area contributed by atoms with Crippen molar-refractivity contribution in [2.75, 3.05) is 66.6 Å². The highest BCUT2D eigenvalue weighted by Crippen LogP contribution is 2.32. The zero-order valence-electron chi connectivity index (χ0n) is 16.4. The molecular weight excluding hydrogens is 332 g/mol. The average Bonchev–Trinajstić information content (AvgIpc) is 3.50. The van der Waals surface area contributed by atoms with E-state index in [9.17, 15) is 9.59 Å². The second kappa shape index (κ2) is 9.04. The van der Waals surface area contributed by atoms with Crippen molar-refractivity contribution in [3.8, 4) is 0 Å². The van der Waals surface area contributed by atoms with Gasteiger partial charge in [0.2, 0.25) is 5.91 Å². The third-order valence-corrected chi connectivity index (χ3v) is 5.68. The lowest BCUT2D eigenvalue weighted by Gasteiger charge is -2.40. The summed E-state index contributed by atoms with van der Waals surface area (Å²) in [6.07, 6.45) is 5.05. The van der Waals surface area contributed by atoms with Crippen molar-refractivity contribution in [1.82, 2.24) is 19.6 Å². The Morgan fingerprint density at radius 3 is 2.46 bits per heavy atom. The van der Waals surface area contributed by atoms with Crippen molar-refractivity contribution >= 4 is 11.9 Å². The van der Waals surface area contributed by atoms with E-state index in [0.717, 1.165) is 78.0 Å². The first-order valence-electron chi connectivity index (χ1n) is 10.1. The number of likely N-dealkylation sites (tertiary alicyclic amines) is 1. The van der Waals surface area contributed by atoms with Crippen LogP contribution in [0.15, 0.2) is 0 Å². The molecular formula is C19H34N4O3. The first-order valence-corrected chi connectivity index (χ1v) is 10.1. The molecule has 2 saturated heterocycles. The van der Waals surface area contributed by atoms with Crippen LogP contribution in [0.25, 0.3) is 0 Å². The summed E-state index contributed by atoms with van der Waals surface area (Å²) in [6, 6.07) is 0.229. The molecule has 1 saturated carbocycles. The topological polar surface area (TPSA) is 56.3 Å². The standard InChI is InChI=1S/C19H34N4O3/c1-20(2)19(25)22-9-3-5-17(15-22)23(18(24)16-6-7-16)10-4-8-21-11-13-26-14-12-21/h16-17H,3-15H2,1-2H3. The highest BCUT2D eigenvalue weighted by Gasteiger charge is 2.38. The van der Waals surface area contributed by atoms with Gasteiger partial charge in [-0.15, -0.1) is 0 Å². The molecule has 0 aromatic rings. The van der Waals surface area contributed by atoms with E-state index in [1.807, 2.05) is 4.90 Å². The molecule has 0 radical (unpaired) electrons. The summed E-state index contributed by atoms with van der Waals surface area (Å²) in [6.45, 7) is 6.91. The SMILES string of the molecule is CN(C)C(=O)N1CCCC(N(CCCN2CCOCC2)C(=O)C2CC2)C1. The molecule has 1 aliphatic carbocycles. The van der Waals surface area contributed by atoms with Gasteiger partial charge in [-0.25, -0.2) is 4.79 Å². The van der Waals surface area contributed by atoms with Crippen LogP contribution in [0.5, 0.6) is 0 Å². The third-order valence-electron chi connectivity index (χ3n) is 5.68. The molecule has 1 atom stereocenters. The van der Waals surface area contributed by atoms with Crippen molar-refractivity contribution in [3.63, 3.8) is 0 Å². The number of hydrogen-bond donors (Lipinski definition) is 0. The van der Waals surface area contributed by atoms with E-state index in [0.29, 0.717) is 12.5 Å². The first kappa shape index (κ1) is 19.4. The molecule has 3 rings (SSSR count). The summed E-state index contributed by atoms with van der Waals surface area (Å²) >= 11 is 0. The number of carbonyl (C=O) groups is 2. The second-order valence-electron chi connectivity index (χ2n) is 8.03. The maximum atomic E-state index is 12.9. The lowest BCUT2D eigenvalue weighted by atomic mass is 10.0. The van der Waals surface area contributed by atoms with Gasteiger partial charge in [0.1, 0.15) is 0 Å². The lowest BCUT2D eigenvalue weighted by molar-refractivity contribution is -0.136. The van der Waals surface area contributed by atoms with Crippen molar-refractivity contribution in [2.45, 2.75) is 38.1 Å². The van der Waals surface area contributed by atoms with Gasteiger partial charge in [0, 0.05) is 65.3 Å². The predicted octanol–water partition coefficient (Wildman–Crippen LogP) is 1.09. The molecule has 3 fully saturated rings. The maximum Gasteiger partial charge on any atom is 0.319 e. The van der Waals surface area contributed by atoms with E-state index in [-0.39, 0.29) is 18.0 Å². The highest BCUT2D eigenvalue weighted by atomic mass is 16.5. The largest absolute Gasteiger partial charge is 0.379 e. The minimum absolute atomic E-state index is 0.0573. The van der Waals surface area contributed by atoms with Crippen LogP contribution >= 0.6 is 0 Å². The monoisotopic (exact) mass is 366 g/mol. The van der Waals surface area contributed by atoms with Crippen molar-refractivity contribution < 1.29 is 14.3 Å². The van der Waals surface area contributed by atoms with Crippen LogP contribution < -0.4 is 0 Å². The van der Waals surface area contributed by atoms with Gasteiger partial charge in [0.25, 0.3) is 0 Å². The molecule has 0 N–H and O–H groups in total. The number of ether oxygens (including phenoxy) is 1. The van der Waals surface area contributed by atoms with Gasteiger partial charge in [0.05, 0.1) is 13.2 Å². The molecule has 2 heterocycles. The lowest BCUT2D eigenvalue weighted by Crippen LogP contribution is -2.54. The fourth-order valence-electron chi connectivity index (χ4n) is 3.99. The number of urea groups is 1. The Hall–Kier alpha value is -1.34. The van der Waals surface area contributed by atoms with E-state index in [2.05, 4.69) is 9.80 Å². The molecule has 1 unspecified atom stereocenters. The summed E-state index contributed by atoms with van der Waals surface area (Å²) in [5.41, 5.74) is 0. The maximum absolute atomic E-state index is 12.9. The third kappa shape index (κ3) is 5.10. The van der Waals surface area contributed by atoms with Crippen LogP contribution in [-0.4, -0.2) is 104 Å². The van der Waals surface area contributed by atoms with Gasteiger partial charge in [-0.05, 0) is 32.1 Å². The summed E-state index contributed by atoms with van der Waals surface area (Å²) in [4.78, 5) is 33.3. The van der Waals surface area contributed by atoms with Gasteiger partial charge in [0.15, 0.2) is 0 Å². The van der Waals surface area contributed by atoms with Crippen LogP contribution in [-0.2, 0) is 9.53 Å². The summed E-state index contributed by atoms with van der Waals surface area (Å²) < 4.78 is 5.41. The summed E-state index contributed by atoms with van der Waals surface area (Å²) in [5.74, 6) is 0.550. The Balaban J connectivity index is 1.56. The molecule has 7 heteroatoms. The molecule has 7 nitrogen and oxygen atoms in total. The van der Waals surface area contributed by atoms with E-state index in [1.165, 1.54) is 0 Å². The molecule has 148 valence electrons. The number of nitrogens with zero attached hydrogens (tertiary/aromatic N) is 4. The Labute approximate surface area is 157 Å². The number of carbonyl (C=O) groups excluding carboxylic acids is 2. The molecule has 3 amide bonds. The van der Waals surface area contributed by atoms with Crippen LogP contribution in [0, 0.1) is 5.92 Å². The van der Waals surface area contributed by atoms with Gasteiger partial charge < -0.3 is 19.4 Å². The minimum atomic E-state index is 0.0573. The van der Waals surface area contributed by atoms with Crippen LogP contribution in [0.2, 0.25) is 0 Å². The van der Waals surface area contributed by atoms with Crippen molar-refractivity contribution in [2.24, 2.45) is 5.92 Å². The minimum Gasteiger partial charge on any atom is -0.379 e. The molecule has 0 aromatic heterocycles. The van der Waals surface area contributed by atoms with E-state index in [4.69, 9.17) is 4.74 Å². The molecule has 3 aliphatic rings. The van der Waals surface area contributed by atoms with E-state index >= 15 is 0 Å². The van der Waals surface area contributed by atoms with E-state index < -0.39 is 0 Å². The van der Waals surface area contributed by atoms with Gasteiger partial charge in [-0.3, -0.25) is 9.69 Å². The molecule has 0 aromatic carbocycles. The fraction of sp³-hybridized carbons (Fsp3) is 0.895. The summed E-state index contributed by atoms with van der Waals surface area (Å²) in [5, 5.41) is 0. The quantitative estimate of drug-likeness (QED) is 0.706. The van der Waals surface area contributed by atoms with Gasteiger partial charge >= 0.3 is 6.03 Å². The molecule has 2 aliphatic heterocycles. The first-order chi connectivity index (χ1) is 12.6. The van der Waals surface area contributed by atoms with Crippen LogP contribution in [0.1, 0.15) is 32.1 Å². The molecule has 26 heavy (non-hydrogen) atoms. The molecule has 0 spiro atoms. The Kier molecular flexibility index (Phi) is 6.75. The summed E-state index contributed by atoms with van der Waals surface area (Å²) in [7, 11) is 3.59. The number of rotatable bonds is 6. The van der Waals surface area contributed by atoms with Crippen LogP contribution in [0.3, 0.4) is 0 Å². The Bertz CT molecular complexity index is 489. The van der Waals surface area contributed by atoms with Crippen LogP contribution in [0.4, 0.5) is 4.79 Å². The fourth-order valence-corrected chi connectivity index (χ4v) is 3.99. The Morgan fingerprint density at radius 1 is 1.08 bits per heavy atom. The predicted molar refractivity (Wildman–Crippen MR) is 100.0 cm³/mol. The highest BCUT2D eigenvalue weighted by molar-refractivity contribution is 5.81. The number of piperidine rings is 1.